The second-order valence-electron chi connectivity index (χ2n) is 6.67. The highest BCUT2D eigenvalue weighted by molar-refractivity contribution is 6.29. The minimum absolute atomic E-state index is 0.0692. The van der Waals surface area contributed by atoms with E-state index in [2.05, 4.69) is 49.9 Å². The molecule has 0 aliphatic rings. The highest BCUT2D eigenvalue weighted by atomic mass is 35.5. The van der Waals surface area contributed by atoms with Crippen LogP contribution in [0.1, 0.15) is 46.9 Å². The van der Waals surface area contributed by atoms with E-state index in [9.17, 15) is 0 Å². The summed E-state index contributed by atoms with van der Waals surface area (Å²) in [4.78, 5) is 8.52. The van der Waals surface area contributed by atoms with E-state index in [0.717, 1.165) is 12.2 Å². The third-order valence-corrected chi connectivity index (χ3v) is 2.65. The molecule has 4 nitrogen and oxygen atoms in total. The van der Waals surface area contributed by atoms with Crippen LogP contribution < -0.4 is 5.32 Å². The number of rotatable bonds is 5. The van der Waals surface area contributed by atoms with Crippen LogP contribution in [0.2, 0.25) is 5.15 Å². The molecule has 108 valence electrons. The van der Waals surface area contributed by atoms with Crippen molar-refractivity contribution in [2.24, 2.45) is 5.41 Å². The summed E-state index contributed by atoms with van der Waals surface area (Å²) in [6, 6.07) is 1.74. The molecule has 0 aliphatic carbocycles. The van der Waals surface area contributed by atoms with Crippen molar-refractivity contribution in [2.75, 3.05) is 12.4 Å². The molecule has 0 radical (unpaired) electrons. The van der Waals surface area contributed by atoms with Gasteiger partial charge in [-0.2, -0.15) is 0 Å². The van der Waals surface area contributed by atoms with Gasteiger partial charge in [-0.3, -0.25) is 0 Å². The zero-order chi connectivity index (χ0) is 14.7. The van der Waals surface area contributed by atoms with Crippen molar-refractivity contribution in [1.29, 1.82) is 0 Å². The predicted molar refractivity (Wildman–Crippen MR) is 79.5 cm³/mol. The van der Waals surface area contributed by atoms with E-state index in [-0.39, 0.29) is 11.0 Å². The molecule has 0 unspecified atom stereocenters. The number of ether oxygens (including phenoxy) is 1. The van der Waals surface area contributed by atoms with Gasteiger partial charge in [-0.1, -0.05) is 32.4 Å². The van der Waals surface area contributed by atoms with Crippen LogP contribution in [0.15, 0.2) is 6.07 Å². The van der Waals surface area contributed by atoms with Gasteiger partial charge in [0.2, 0.25) is 0 Å². The molecule has 0 bridgehead atoms. The maximum atomic E-state index is 6.00. The molecule has 1 aromatic rings. The SMILES string of the molecule is COCc1nc(Cl)cc(NC(C)(C)CC(C)(C)C)n1. The summed E-state index contributed by atoms with van der Waals surface area (Å²) in [5, 5.41) is 3.85. The monoisotopic (exact) mass is 285 g/mol. The van der Waals surface area contributed by atoms with Crippen molar-refractivity contribution in [2.45, 2.75) is 53.2 Å². The van der Waals surface area contributed by atoms with Crippen LogP contribution in [-0.2, 0) is 11.3 Å². The van der Waals surface area contributed by atoms with E-state index in [1.54, 1.807) is 13.2 Å². The summed E-state index contributed by atoms with van der Waals surface area (Å²) in [6.07, 6.45) is 1.02. The molecular weight excluding hydrogens is 262 g/mol. The molecule has 5 heteroatoms. The highest BCUT2D eigenvalue weighted by Gasteiger charge is 2.25. The minimum atomic E-state index is -0.0692. The first-order valence-corrected chi connectivity index (χ1v) is 6.80. The van der Waals surface area contributed by atoms with Crippen molar-refractivity contribution in [1.82, 2.24) is 9.97 Å². The molecule has 1 rings (SSSR count). The first-order valence-electron chi connectivity index (χ1n) is 6.42. The van der Waals surface area contributed by atoms with Gasteiger partial charge in [0.05, 0.1) is 0 Å². The lowest BCUT2D eigenvalue weighted by molar-refractivity contribution is 0.178. The molecule has 1 N–H and O–H groups in total. The Morgan fingerprint density at radius 1 is 1.21 bits per heavy atom. The zero-order valence-corrected chi connectivity index (χ0v) is 13.4. The Bertz CT molecular complexity index is 427. The van der Waals surface area contributed by atoms with Gasteiger partial charge in [-0.25, -0.2) is 9.97 Å². The molecule has 0 saturated carbocycles. The average Bonchev–Trinajstić information content (AvgIpc) is 2.10. The molecule has 0 amide bonds. The average molecular weight is 286 g/mol. The Kier molecular flexibility index (Phi) is 5.16. The van der Waals surface area contributed by atoms with E-state index in [0.29, 0.717) is 17.6 Å². The van der Waals surface area contributed by atoms with E-state index >= 15 is 0 Å². The molecule has 0 aromatic carbocycles. The fraction of sp³-hybridized carbons (Fsp3) is 0.714. The predicted octanol–water partition coefficient (Wildman–Crippen LogP) is 3.90. The largest absolute Gasteiger partial charge is 0.377 e. The summed E-state index contributed by atoms with van der Waals surface area (Å²) in [5.74, 6) is 1.32. The summed E-state index contributed by atoms with van der Waals surface area (Å²) in [6.45, 7) is 11.3. The lowest BCUT2D eigenvalue weighted by atomic mass is 9.82. The van der Waals surface area contributed by atoms with Crippen LogP contribution in [-0.4, -0.2) is 22.6 Å². The number of nitrogens with one attached hydrogen (secondary N) is 1. The van der Waals surface area contributed by atoms with Crippen molar-refractivity contribution in [3.05, 3.63) is 17.0 Å². The minimum Gasteiger partial charge on any atom is -0.377 e. The van der Waals surface area contributed by atoms with Gasteiger partial charge in [0.25, 0.3) is 0 Å². The summed E-state index contributed by atoms with van der Waals surface area (Å²) in [7, 11) is 1.61. The normalized spacial score (nSPS) is 12.6. The quantitative estimate of drug-likeness (QED) is 0.834. The standard InChI is InChI=1S/C14H24ClN3O/c1-13(2,3)9-14(4,5)18-11-7-10(15)16-12(17-11)8-19-6/h7H,8-9H2,1-6H3,(H,16,17,18). The summed E-state index contributed by atoms with van der Waals surface area (Å²) >= 11 is 6.00. The Morgan fingerprint density at radius 2 is 1.84 bits per heavy atom. The smallest absolute Gasteiger partial charge is 0.158 e. The maximum Gasteiger partial charge on any atom is 0.158 e. The number of aromatic nitrogens is 2. The molecule has 1 heterocycles. The second kappa shape index (κ2) is 6.06. The Hall–Kier alpha value is -0.870. The van der Waals surface area contributed by atoms with E-state index in [1.165, 1.54) is 0 Å². The number of hydrogen-bond acceptors (Lipinski definition) is 4. The van der Waals surface area contributed by atoms with Crippen molar-refractivity contribution < 1.29 is 4.74 Å². The van der Waals surface area contributed by atoms with Crippen LogP contribution in [0, 0.1) is 5.41 Å². The Morgan fingerprint density at radius 3 is 2.37 bits per heavy atom. The van der Waals surface area contributed by atoms with Gasteiger partial charge in [0.15, 0.2) is 5.82 Å². The molecule has 19 heavy (non-hydrogen) atoms. The first kappa shape index (κ1) is 16.2. The molecule has 0 atom stereocenters. The van der Waals surface area contributed by atoms with Crippen molar-refractivity contribution in [3.8, 4) is 0 Å². The molecule has 0 aliphatic heterocycles. The van der Waals surface area contributed by atoms with Gasteiger partial charge in [0, 0.05) is 18.7 Å². The number of nitrogens with zero attached hydrogens (tertiary/aromatic N) is 2. The fourth-order valence-corrected chi connectivity index (χ4v) is 2.64. The number of methoxy groups -OCH3 is 1. The van der Waals surface area contributed by atoms with Gasteiger partial charge in [-0.15, -0.1) is 0 Å². The Balaban J connectivity index is 2.86. The Labute approximate surface area is 120 Å². The molecule has 1 aromatic heterocycles. The second-order valence-corrected chi connectivity index (χ2v) is 7.06. The highest BCUT2D eigenvalue weighted by Crippen LogP contribution is 2.29. The summed E-state index contributed by atoms with van der Waals surface area (Å²) < 4.78 is 5.04. The number of anilines is 1. The van der Waals surface area contributed by atoms with Crippen molar-refractivity contribution >= 4 is 17.4 Å². The van der Waals surface area contributed by atoms with E-state index in [4.69, 9.17) is 16.3 Å². The number of halogens is 1. The van der Waals surface area contributed by atoms with Gasteiger partial charge >= 0.3 is 0 Å². The van der Waals surface area contributed by atoms with Crippen LogP contribution in [0.5, 0.6) is 0 Å². The topological polar surface area (TPSA) is 47.0 Å². The third-order valence-electron chi connectivity index (χ3n) is 2.45. The van der Waals surface area contributed by atoms with Crippen LogP contribution in [0.25, 0.3) is 0 Å². The fourth-order valence-electron chi connectivity index (χ4n) is 2.44. The van der Waals surface area contributed by atoms with Gasteiger partial charge < -0.3 is 10.1 Å². The molecule has 0 saturated heterocycles. The lowest BCUT2D eigenvalue weighted by Crippen LogP contribution is -2.35. The molecular formula is C14H24ClN3O. The van der Waals surface area contributed by atoms with Gasteiger partial charge in [-0.05, 0) is 25.7 Å². The summed E-state index contributed by atoms with van der Waals surface area (Å²) in [5.41, 5.74) is 0.170. The van der Waals surface area contributed by atoms with Crippen LogP contribution in [0.3, 0.4) is 0 Å². The molecule has 0 spiro atoms. The van der Waals surface area contributed by atoms with E-state index < -0.39 is 0 Å². The van der Waals surface area contributed by atoms with Crippen LogP contribution >= 0.6 is 11.6 Å². The zero-order valence-electron chi connectivity index (χ0n) is 12.7. The maximum absolute atomic E-state index is 6.00. The number of hydrogen-bond donors (Lipinski definition) is 1. The van der Waals surface area contributed by atoms with Gasteiger partial charge in [0.1, 0.15) is 17.6 Å². The van der Waals surface area contributed by atoms with E-state index in [1.807, 2.05) is 0 Å². The lowest BCUT2D eigenvalue weighted by Gasteiger charge is -2.33. The molecule has 0 fully saturated rings. The first-order chi connectivity index (χ1) is 8.61. The van der Waals surface area contributed by atoms with Crippen molar-refractivity contribution in [3.63, 3.8) is 0 Å². The van der Waals surface area contributed by atoms with Crippen LogP contribution in [0.4, 0.5) is 5.82 Å². The third kappa shape index (κ3) is 6.21.